The summed E-state index contributed by atoms with van der Waals surface area (Å²) in [5, 5.41) is 2.57. The van der Waals surface area contributed by atoms with Gasteiger partial charge in [0.2, 0.25) is 0 Å². The maximum atomic E-state index is 12.2. The molecule has 0 fully saturated rings. The van der Waals surface area contributed by atoms with E-state index in [-0.39, 0.29) is 12.5 Å². The number of anilines is 1. The molecule has 0 aliphatic rings. The average molecular weight is 318 g/mol. The Hall–Kier alpha value is -2.63. The molecule has 6 nitrogen and oxygen atoms in total. The fourth-order valence-electron chi connectivity index (χ4n) is 1.94. The van der Waals surface area contributed by atoms with Crippen LogP contribution in [0.15, 0.2) is 43.0 Å². The third kappa shape index (κ3) is 6.34. The Morgan fingerprint density at radius 3 is 2.52 bits per heavy atom. The quantitative estimate of drug-likeness (QED) is 0.342. The van der Waals surface area contributed by atoms with Gasteiger partial charge in [-0.2, -0.15) is 0 Å². The molecule has 0 unspecified atom stereocenters. The first-order chi connectivity index (χ1) is 11.1. The van der Waals surface area contributed by atoms with Crippen LogP contribution in [0.3, 0.4) is 0 Å². The van der Waals surface area contributed by atoms with Crippen LogP contribution < -0.4 is 10.2 Å². The number of ether oxygens (including phenoxy) is 1. The minimum atomic E-state index is -0.672. The van der Waals surface area contributed by atoms with E-state index in [1.807, 2.05) is 6.07 Å². The monoisotopic (exact) mass is 318 g/mol. The molecule has 0 bridgehead atoms. The highest BCUT2D eigenvalue weighted by molar-refractivity contribution is 6.40. The number of carbonyl (C=O) groups is 3. The van der Waals surface area contributed by atoms with Crippen molar-refractivity contribution in [1.82, 2.24) is 5.32 Å². The van der Waals surface area contributed by atoms with Gasteiger partial charge in [0.25, 0.3) is 0 Å². The molecule has 1 N–H and O–H groups in total. The number of carbonyl (C=O) groups excluding carboxylic acids is 3. The summed E-state index contributed by atoms with van der Waals surface area (Å²) in [4.78, 5) is 36.5. The summed E-state index contributed by atoms with van der Waals surface area (Å²) in [7, 11) is 1.33. The van der Waals surface area contributed by atoms with Crippen molar-refractivity contribution in [2.75, 3.05) is 25.1 Å². The topological polar surface area (TPSA) is 75.7 Å². The van der Waals surface area contributed by atoms with Gasteiger partial charge < -0.3 is 15.0 Å². The Balaban J connectivity index is 2.48. The highest BCUT2D eigenvalue weighted by atomic mass is 16.5. The second-order valence-electron chi connectivity index (χ2n) is 4.83. The number of para-hydroxylation sites is 1. The largest absolute Gasteiger partial charge is 0.469 e. The smallest absolute Gasteiger partial charge is 0.316 e. The van der Waals surface area contributed by atoms with Crippen LogP contribution in [0.4, 0.5) is 5.69 Å². The van der Waals surface area contributed by atoms with Crippen LogP contribution in [0.5, 0.6) is 0 Å². The van der Waals surface area contributed by atoms with E-state index in [0.717, 1.165) is 0 Å². The third-order valence-corrected chi connectivity index (χ3v) is 3.14. The van der Waals surface area contributed by atoms with Crippen LogP contribution in [-0.4, -0.2) is 38.0 Å². The molecule has 2 amide bonds. The Labute approximate surface area is 136 Å². The zero-order valence-electron chi connectivity index (χ0n) is 13.3. The summed E-state index contributed by atoms with van der Waals surface area (Å²) >= 11 is 0. The fourth-order valence-corrected chi connectivity index (χ4v) is 1.94. The number of hydrogen-bond acceptors (Lipinski definition) is 4. The maximum Gasteiger partial charge on any atom is 0.316 e. The third-order valence-electron chi connectivity index (χ3n) is 3.14. The second kappa shape index (κ2) is 10.2. The summed E-state index contributed by atoms with van der Waals surface area (Å²) in [5.41, 5.74) is 0.637. The van der Waals surface area contributed by atoms with E-state index in [4.69, 9.17) is 0 Å². The van der Waals surface area contributed by atoms with E-state index in [2.05, 4.69) is 16.6 Å². The number of unbranched alkanes of at least 4 members (excludes halogenated alkanes) is 1. The van der Waals surface area contributed by atoms with Gasteiger partial charge in [-0.1, -0.05) is 24.3 Å². The van der Waals surface area contributed by atoms with Crippen molar-refractivity contribution in [3.05, 3.63) is 43.0 Å². The minimum absolute atomic E-state index is 0.249. The first kappa shape index (κ1) is 18.4. The highest BCUT2D eigenvalue weighted by Gasteiger charge is 2.21. The molecule has 124 valence electrons. The van der Waals surface area contributed by atoms with Gasteiger partial charge in [-0.15, -0.1) is 6.58 Å². The van der Waals surface area contributed by atoms with Gasteiger partial charge in [-0.3, -0.25) is 14.4 Å². The van der Waals surface area contributed by atoms with Crippen LogP contribution in [0.25, 0.3) is 0 Å². The van der Waals surface area contributed by atoms with Gasteiger partial charge in [0.15, 0.2) is 0 Å². The lowest BCUT2D eigenvalue weighted by Gasteiger charge is -2.20. The Bertz CT molecular complexity index is 543. The molecule has 1 aromatic rings. The van der Waals surface area contributed by atoms with E-state index < -0.39 is 11.8 Å². The second-order valence-corrected chi connectivity index (χ2v) is 4.83. The molecule has 0 aliphatic heterocycles. The van der Waals surface area contributed by atoms with Gasteiger partial charge in [-0.05, 0) is 25.0 Å². The van der Waals surface area contributed by atoms with Crippen molar-refractivity contribution < 1.29 is 19.1 Å². The summed E-state index contributed by atoms with van der Waals surface area (Å²) in [6.07, 6.45) is 3.05. The molecular weight excluding hydrogens is 296 g/mol. The average Bonchev–Trinajstić information content (AvgIpc) is 2.59. The number of amides is 2. The Morgan fingerprint density at radius 1 is 1.22 bits per heavy atom. The standard InChI is InChI=1S/C17H22N2O4/c1-3-13-19(14-9-5-4-6-10-14)17(22)16(21)18-12-8-7-11-15(20)23-2/h3-6,9-10H,1,7-8,11-13H2,2H3,(H,18,21). The molecule has 6 heteroatoms. The summed E-state index contributed by atoms with van der Waals surface area (Å²) in [6, 6.07) is 8.93. The lowest BCUT2D eigenvalue weighted by Crippen LogP contribution is -2.43. The molecule has 0 spiro atoms. The number of hydrogen-bond donors (Lipinski definition) is 1. The van der Waals surface area contributed by atoms with Crippen molar-refractivity contribution in [2.45, 2.75) is 19.3 Å². The Kier molecular flexibility index (Phi) is 8.13. The van der Waals surface area contributed by atoms with Crippen LogP contribution >= 0.6 is 0 Å². The molecular formula is C17H22N2O4. The van der Waals surface area contributed by atoms with Crippen molar-refractivity contribution in [2.24, 2.45) is 0 Å². The lowest BCUT2D eigenvalue weighted by atomic mass is 10.2. The van der Waals surface area contributed by atoms with Crippen LogP contribution in [-0.2, 0) is 19.1 Å². The molecule has 1 rings (SSSR count). The number of benzene rings is 1. The minimum Gasteiger partial charge on any atom is -0.469 e. The SMILES string of the molecule is C=CCN(C(=O)C(=O)NCCCCC(=O)OC)c1ccccc1. The van der Waals surface area contributed by atoms with Crippen molar-refractivity contribution in [3.63, 3.8) is 0 Å². The van der Waals surface area contributed by atoms with Crippen molar-refractivity contribution in [1.29, 1.82) is 0 Å². The molecule has 0 atom stereocenters. The molecule has 23 heavy (non-hydrogen) atoms. The van der Waals surface area contributed by atoms with Gasteiger partial charge in [-0.25, -0.2) is 0 Å². The van der Waals surface area contributed by atoms with Crippen LogP contribution in [0, 0.1) is 0 Å². The molecule has 0 radical (unpaired) electrons. The van der Waals surface area contributed by atoms with E-state index in [1.54, 1.807) is 30.3 Å². The van der Waals surface area contributed by atoms with E-state index in [0.29, 0.717) is 31.5 Å². The summed E-state index contributed by atoms with van der Waals surface area (Å²) < 4.78 is 4.53. The normalized spacial score (nSPS) is 9.78. The summed E-state index contributed by atoms with van der Waals surface area (Å²) in [6.45, 7) is 4.19. The fraction of sp³-hybridized carbons (Fsp3) is 0.353. The van der Waals surface area contributed by atoms with Gasteiger partial charge in [0.1, 0.15) is 0 Å². The number of methoxy groups -OCH3 is 1. The highest BCUT2D eigenvalue weighted by Crippen LogP contribution is 2.13. The predicted octanol–water partition coefficient (Wildman–Crippen LogP) is 1.67. The molecule has 0 saturated heterocycles. The zero-order valence-corrected chi connectivity index (χ0v) is 13.3. The van der Waals surface area contributed by atoms with Gasteiger partial charge in [0, 0.05) is 25.2 Å². The summed E-state index contributed by atoms with van der Waals surface area (Å²) in [5.74, 6) is -1.59. The van der Waals surface area contributed by atoms with Crippen LogP contribution in [0.1, 0.15) is 19.3 Å². The van der Waals surface area contributed by atoms with Crippen molar-refractivity contribution >= 4 is 23.5 Å². The first-order valence-corrected chi connectivity index (χ1v) is 7.42. The van der Waals surface area contributed by atoms with E-state index in [1.165, 1.54) is 12.0 Å². The number of nitrogens with one attached hydrogen (secondary N) is 1. The van der Waals surface area contributed by atoms with Gasteiger partial charge >= 0.3 is 17.8 Å². The molecule has 0 saturated carbocycles. The van der Waals surface area contributed by atoms with Crippen LogP contribution in [0.2, 0.25) is 0 Å². The molecule has 1 aromatic carbocycles. The molecule has 0 aliphatic carbocycles. The number of nitrogens with zero attached hydrogens (tertiary/aromatic N) is 1. The maximum absolute atomic E-state index is 12.2. The molecule has 0 aromatic heterocycles. The lowest BCUT2D eigenvalue weighted by molar-refractivity contribution is -0.140. The number of esters is 1. The first-order valence-electron chi connectivity index (χ1n) is 7.42. The predicted molar refractivity (Wildman–Crippen MR) is 87.9 cm³/mol. The van der Waals surface area contributed by atoms with E-state index in [9.17, 15) is 14.4 Å². The zero-order chi connectivity index (χ0) is 17.1. The van der Waals surface area contributed by atoms with Gasteiger partial charge in [0.05, 0.1) is 7.11 Å². The Morgan fingerprint density at radius 2 is 1.91 bits per heavy atom. The van der Waals surface area contributed by atoms with E-state index >= 15 is 0 Å². The number of rotatable bonds is 8. The molecule has 0 heterocycles. The van der Waals surface area contributed by atoms with Crippen molar-refractivity contribution in [3.8, 4) is 0 Å².